The second-order valence-corrected chi connectivity index (χ2v) is 9.82. The molecule has 3 nitrogen and oxygen atoms in total. The Hall–Kier alpha value is -0.700. The fraction of sp³-hybridized carbons (Fsp3) is 0.905. The van der Waals surface area contributed by atoms with Gasteiger partial charge in [0.25, 0.3) is 0 Å². The van der Waals surface area contributed by atoms with Crippen molar-refractivity contribution in [3.05, 3.63) is 0 Å². The smallest absolute Gasteiger partial charge is 0.133 e. The summed E-state index contributed by atoms with van der Waals surface area (Å²) in [6.45, 7) is 6.46. The van der Waals surface area contributed by atoms with Gasteiger partial charge in [-0.05, 0) is 80.0 Å². The Bertz CT molecular complexity index is 569. The minimum Gasteiger partial charge on any atom is -0.393 e. The lowest BCUT2D eigenvalue weighted by Crippen LogP contribution is -2.58. The molecule has 0 aromatic carbocycles. The molecule has 0 saturated heterocycles. The molecule has 3 heteroatoms. The number of hydrogen-bond donors (Lipinski definition) is 1. The molecule has 4 fully saturated rings. The van der Waals surface area contributed by atoms with E-state index in [9.17, 15) is 14.7 Å². The van der Waals surface area contributed by atoms with Gasteiger partial charge in [0.05, 0.1) is 6.10 Å². The number of aliphatic hydroxyl groups is 1. The summed E-state index contributed by atoms with van der Waals surface area (Å²) < 4.78 is 0. The highest BCUT2D eigenvalue weighted by Crippen LogP contribution is 2.67. The maximum atomic E-state index is 12.2. The summed E-state index contributed by atoms with van der Waals surface area (Å²) in [5.74, 6) is 2.83. The van der Waals surface area contributed by atoms with Crippen LogP contribution in [0.2, 0.25) is 0 Å². The average Bonchev–Trinajstić information content (AvgIpc) is 2.87. The van der Waals surface area contributed by atoms with Crippen molar-refractivity contribution in [1.29, 1.82) is 0 Å². The molecule has 0 radical (unpaired) electrons. The van der Waals surface area contributed by atoms with E-state index in [2.05, 4.69) is 13.8 Å². The first-order valence-electron chi connectivity index (χ1n) is 9.97. The van der Waals surface area contributed by atoms with Gasteiger partial charge in [-0.15, -0.1) is 0 Å². The first-order chi connectivity index (χ1) is 11.3. The lowest BCUT2D eigenvalue weighted by molar-refractivity contribution is -0.166. The van der Waals surface area contributed by atoms with E-state index in [1.807, 2.05) is 0 Å². The normalized spacial score (nSPS) is 53.9. The highest BCUT2D eigenvalue weighted by Gasteiger charge is 2.62. The Balaban J connectivity index is 1.67. The van der Waals surface area contributed by atoms with Crippen molar-refractivity contribution in [2.24, 2.45) is 40.4 Å². The number of Topliss-reactive ketones (excluding diaryl/α,β-unsaturated/α-hetero) is 2. The zero-order valence-electron chi connectivity index (χ0n) is 15.4. The Labute approximate surface area is 145 Å². The molecule has 0 bridgehead atoms. The second-order valence-electron chi connectivity index (χ2n) is 9.82. The molecule has 24 heavy (non-hydrogen) atoms. The number of rotatable bonds is 1. The predicted octanol–water partition coefficient (Wildman–Crippen LogP) is 3.77. The summed E-state index contributed by atoms with van der Waals surface area (Å²) in [5.41, 5.74) is 0.256. The van der Waals surface area contributed by atoms with E-state index in [1.165, 1.54) is 6.42 Å². The molecule has 0 aromatic rings. The van der Waals surface area contributed by atoms with Gasteiger partial charge in [0.2, 0.25) is 0 Å². The van der Waals surface area contributed by atoms with Gasteiger partial charge < -0.3 is 5.11 Å². The van der Waals surface area contributed by atoms with Gasteiger partial charge in [-0.2, -0.15) is 0 Å². The van der Waals surface area contributed by atoms with Gasteiger partial charge in [0.15, 0.2) is 0 Å². The quantitative estimate of drug-likeness (QED) is 0.795. The molecule has 4 aliphatic rings. The molecule has 0 amide bonds. The van der Waals surface area contributed by atoms with Crippen molar-refractivity contribution in [3.63, 3.8) is 0 Å². The van der Waals surface area contributed by atoms with Crippen molar-refractivity contribution >= 4 is 11.6 Å². The topological polar surface area (TPSA) is 54.4 Å². The SMILES string of the molecule is CC(=O)[C@H]1CC[C@H]2[C@@H]3C[C@H](O)C4CC(=O)CC[C@]4(C)[C@H]3CC[C@]12C. The fourth-order valence-electron chi connectivity index (χ4n) is 7.76. The van der Waals surface area contributed by atoms with Crippen LogP contribution in [-0.4, -0.2) is 22.8 Å². The van der Waals surface area contributed by atoms with Crippen LogP contribution >= 0.6 is 0 Å². The van der Waals surface area contributed by atoms with Crippen LogP contribution in [0.1, 0.15) is 72.1 Å². The van der Waals surface area contributed by atoms with Crippen LogP contribution in [0, 0.1) is 40.4 Å². The fourth-order valence-corrected chi connectivity index (χ4v) is 7.76. The Morgan fingerprint density at radius 2 is 1.75 bits per heavy atom. The van der Waals surface area contributed by atoms with E-state index in [0.717, 1.165) is 32.1 Å². The largest absolute Gasteiger partial charge is 0.393 e. The average molecular weight is 332 g/mol. The maximum absolute atomic E-state index is 12.2. The minimum absolute atomic E-state index is 0.117. The van der Waals surface area contributed by atoms with Crippen LogP contribution in [0.5, 0.6) is 0 Å². The third-order valence-corrected chi connectivity index (χ3v) is 8.99. The summed E-state index contributed by atoms with van der Waals surface area (Å²) in [6, 6.07) is 0. The number of ketones is 2. The molecular weight excluding hydrogens is 300 g/mol. The van der Waals surface area contributed by atoms with Crippen LogP contribution in [0.25, 0.3) is 0 Å². The molecule has 0 aromatic heterocycles. The summed E-state index contributed by atoms with van der Waals surface area (Å²) >= 11 is 0. The minimum atomic E-state index is -0.334. The van der Waals surface area contributed by atoms with Crippen LogP contribution in [-0.2, 0) is 9.59 Å². The van der Waals surface area contributed by atoms with E-state index in [-0.39, 0.29) is 28.8 Å². The number of hydrogen-bond acceptors (Lipinski definition) is 3. The van der Waals surface area contributed by atoms with Crippen molar-refractivity contribution < 1.29 is 14.7 Å². The lowest BCUT2D eigenvalue weighted by atomic mass is 9.44. The Morgan fingerprint density at radius 3 is 2.46 bits per heavy atom. The standard InChI is InChI=1S/C21H32O3/c1-12(22)15-4-5-16-14-11-19(24)18-10-13(23)6-8-21(18,3)17(14)7-9-20(15,16)2/h14-19,24H,4-11H2,1-3H3/t14-,15+,16-,17-,18?,19-,20+,21+/m0/s1. The van der Waals surface area contributed by atoms with Crippen molar-refractivity contribution in [3.8, 4) is 0 Å². The van der Waals surface area contributed by atoms with Gasteiger partial charge in [-0.3, -0.25) is 9.59 Å². The zero-order valence-corrected chi connectivity index (χ0v) is 15.4. The molecular formula is C21H32O3. The molecule has 4 aliphatic carbocycles. The van der Waals surface area contributed by atoms with Crippen LogP contribution in [0.15, 0.2) is 0 Å². The van der Waals surface area contributed by atoms with Gasteiger partial charge in [0.1, 0.15) is 11.6 Å². The van der Waals surface area contributed by atoms with E-state index < -0.39 is 0 Å². The highest BCUT2D eigenvalue weighted by atomic mass is 16.3. The van der Waals surface area contributed by atoms with Gasteiger partial charge in [-0.1, -0.05) is 13.8 Å². The number of carbonyl (C=O) groups excluding carboxylic acids is 2. The second kappa shape index (κ2) is 5.40. The zero-order chi connectivity index (χ0) is 17.3. The summed E-state index contributed by atoms with van der Waals surface area (Å²) in [5, 5.41) is 10.9. The molecule has 8 atom stereocenters. The molecule has 4 rings (SSSR count). The van der Waals surface area contributed by atoms with Crippen molar-refractivity contribution in [1.82, 2.24) is 0 Å². The number of aliphatic hydroxyl groups excluding tert-OH is 1. The van der Waals surface area contributed by atoms with E-state index in [1.54, 1.807) is 6.92 Å². The van der Waals surface area contributed by atoms with Crippen molar-refractivity contribution in [2.75, 3.05) is 0 Å². The monoisotopic (exact) mass is 332 g/mol. The molecule has 1 N–H and O–H groups in total. The summed E-state index contributed by atoms with van der Waals surface area (Å²) in [7, 11) is 0. The van der Waals surface area contributed by atoms with Crippen LogP contribution in [0.4, 0.5) is 0 Å². The van der Waals surface area contributed by atoms with Crippen LogP contribution in [0.3, 0.4) is 0 Å². The third kappa shape index (κ3) is 2.12. The summed E-state index contributed by atoms with van der Waals surface area (Å²) in [4.78, 5) is 24.1. The first-order valence-corrected chi connectivity index (χ1v) is 9.97. The van der Waals surface area contributed by atoms with Gasteiger partial charge in [0, 0.05) is 18.8 Å². The molecule has 0 spiro atoms. The van der Waals surface area contributed by atoms with E-state index >= 15 is 0 Å². The summed E-state index contributed by atoms with van der Waals surface area (Å²) in [6.07, 6.45) is 7.25. The molecule has 0 aliphatic heterocycles. The molecule has 1 unspecified atom stereocenters. The first kappa shape index (κ1) is 16.8. The number of fused-ring (bicyclic) bond motifs is 5. The Kier molecular flexibility index (Phi) is 3.77. The highest BCUT2D eigenvalue weighted by molar-refractivity contribution is 5.80. The lowest BCUT2D eigenvalue weighted by Gasteiger charge is -2.61. The maximum Gasteiger partial charge on any atom is 0.133 e. The molecule has 134 valence electrons. The molecule has 0 heterocycles. The van der Waals surface area contributed by atoms with Crippen LogP contribution < -0.4 is 0 Å². The Morgan fingerprint density at radius 1 is 1.04 bits per heavy atom. The third-order valence-electron chi connectivity index (χ3n) is 8.99. The predicted molar refractivity (Wildman–Crippen MR) is 92.3 cm³/mol. The number of carbonyl (C=O) groups is 2. The molecule has 4 saturated carbocycles. The van der Waals surface area contributed by atoms with E-state index in [0.29, 0.717) is 42.2 Å². The van der Waals surface area contributed by atoms with Gasteiger partial charge in [-0.25, -0.2) is 0 Å². The van der Waals surface area contributed by atoms with Crippen molar-refractivity contribution in [2.45, 2.75) is 78.2 Å². The van der Waals surface area contributed by atoms with E-state index in [4.69, 9.17) is 0 Å². The van der Waals surface area contributed by atoms with Gasteiger partial charge >= 0.3 is 0 Å².